The van der Waals surface area contributed by atoms with Gasteiger partial charge in [-0.25, -0.2) is 9.18 Å². The second-order valence-corrected chi connectivity index (χ2v) is 8.24. The first-order valence-electron chi connectivity index (χ1n) is 9.32. The van der Waals surface area contributed by atoms with Crippen molar-refractivity contribution in [2.75, 3.05) is 13.1 Å². The topological polar surface area (TPSA) is 61.4 Å². The minimum Gasteiger partial charge on any atom is -0.353 e. The van der Waals surface area contributed by atoms with Gasteiger partial charge in [-0.15, -0.1) is 0 Å². The number of benzene rings is 1. The predicted molar refractivity (Wildman–Crippen MR) is 98.7 cm³/mol. The number of hydrogen-bond acceptors (Lipinski definition) is 2. The summed E-state index contributed by atoms with van der Waals surface area (Å²) < 4.78 is 52.7. The molecule has 1 aromatic carbocycles. The lowest BCUT2D eigenvalue weighted by Gasteiger charge is -2.49. The van der Waals surface area contributed by atoms with E-state index in [1.807, 2.05) is 0 Å². The number of urea groups is 1. The lowest BCUT2D eigenvalue weighted by molar-refractivity contribution is -0.210. The minimum atomic E-state index is -4.30. The molecule has 1 aromatic rings. The van der Waals surface area contributed by atoms with Crippen LogP contribution in [0.3, 0.4) is 0 Å². The standard InChI is InChI=1S/C19H22ClF4N3O2/c1-10-16(28)25-5-6-27(10)17(29)26-18(2,11-3-4-15(21)14(20)9-11)12-7-13(8-12)19(22,23)24/h3-4,9-10,12-13H,5-8H2,1-2H3,(H,25,28)(H,26,29). The number of rotatable bonds is 3. The third-order valence-corrected chi connectivity index (χ3v) is 6.35. The van der Waals surface area contributed by atoms with Gasteiger partial charge in [0.25, 0.3) is 0 Å². The molecule has 160 valence electrons. The van der Waals surface area contributed by atoms with Crippen LogP contribution in [0.2, 0.25) is 5.02 Å². The van der Waals surface area contributed by atoms with Gasteiger partial charge in [0.15, 0.2) is 0 Å². The number of carbonyl (C=O) groups is 2. The van der Waals surface area contributed by atoms with Gasteiger partial charge in [0.2, 0.25) is 5.91 Å². The van der Waals surface area contributed by atoms with Crippen LogP contribution in [0, 0.1) is 17.7 Å². The molecular weight excluding hydrogens is 414 g/mol. The highest BCUT2D eigenvalue weighted by Gasteiger charge is 2.54. The number of amides is 3. The summed E-state index contributed by atoms with van der Waals surface area (Å²) in [6.07, 6.45) is -4.63. The summed E-state index contributed by atoms with van der Waals surface area (Å²) in [5.41, 5.74) is -0.791. The fourth-order valence-corrected chi connectivity index (χ4v) is 4.12. The van der Waals surface area contributed by atoms with E-state index in [1.165, 1.54) is 17.0 Å². The highest BCUT2D eigenvalue weighted by atomic mass is 35.5. The normalized spacial score (nSPS) is 26.9. The first kappa shape index (κ1) is 21.7. The van der Waals surface area contributed by atoms with Crippen LogP contribution in [0.25, 0.3) is 0 Å². The highest BCUT2D eigenvalue weighted by molar-refractivity contribution is 6.30. The molecule has 0 radical (unpaired) electrons. The molecule has 10 heteroatoms. The second-order valence-electron chi connectivity index (χ2n) is 7.83. The van der Waals surface area contributed by atoms with Gasteiger partial charge in [-0.1, -0.05) is 17.7 Å². The maximum atomic E-state index is 13.6. The van der Waals surface area contributed by atoms with Gasteiger partial charge in [0.1, 0.15) is 11.9 Å². The molecule has 1 saturated heterocycles. The summed E-state index contributed by atoms with van der Waals surface area (Å²) in [4.78, 5) is 26.1. The highest BCUT2D eigenvalue weighted by Crippen LogP contribution is 2.52. The quantitative estimate of drug-likeness (QED) is 0.709. The van der Waals surface area contributed by atoms with Gasteiger partial charge in [-0.2, -0.15) is 13.2 Å². The summed E-state index contributed by atoms with van der Waals surface area (Å²) in [6.45, 7) is 3.74. The molecular formula is C19H22ClF4N3O2. The summed E-state index contributed by atoms with van der Waals surface area (Å²) in [6, 6.07) is 2.58. The van der Waals surface area contributed by atoms with Crippen molar-refractivity contribution >= 4 is 23.5 Å². The van der Waals surface area contributed by atoms with Crippen molar-refractivity contribution in [2.45, 2.75) is 44.4 Å². The first-order valence-corrected chi connectivity index (χ1v) is 9.70. The largest absolute Gasteiger partial charge is 0.391 e. The SMILES string of the molecule is CC1C(=O)NCCN1C(=O)NC(C)(c1ccc(F)c(Cl)c1)C1CC(C(F)(F)F)C1. The van der Waals surface area contributed by atoms with E-state index >= 15 is 0 Å². The second kappa shape index (κ2) is 7.66. The summed E-state index contributed by atoms with van der Waals surface area (Å²) in [5, 5.41) is 5.28. The maximum Gasteiger partial charge on any atom is 0.391 e. The van der Waals surface area contributed by atoms with E-state index < -0.39 is 41.4 Å². The molecule has 29 heavy (non-hydrogen) atoms. The smallest absolute Gasteiger partial charge is 0.353 e. The molecule has 2 atom stereocenters. The number of hydrogen-bond donors (Lipinski definition) is 2. The van der Waals surface area contributed by atoms with Crippen LogP contribution in [0.5, 0.6) is 0 Å². The molecule has 0 bridgehead atoms. The van der Waals surface area contributed by atoms with Crippen LogP contribution in [0.1, 0.15) is 32.3 Å². The molecule has 2 aliphatic rings. The summed E-state index contributed by atoms with van der Waals surface area (Å²) in [5.74, 6) is -2.93. The van der Waals surface area contributed by atoms with Crippen LogP contribution in [0.4, 0.5) is 22.4 Å². The molecule has 3 rings (SSSR count). The third kappa shape index (κ3) is 4.15. The molecule has 0 spiro atoms. The number of carbonyl (C=O) groups excluding carboxylic acids is 2. The van der Waals surface area contributed by atoms with Crippen LogP contribution in [0.15, 0.2) is 18.2 Å². The average Bonchev–Trinajstić information content (AvgIpc) is 2.56. The first-order chi connectivity index (χ1) is 13.4. The van der Waals surface area contributed by atoms with Crippen molar-refractivity contribution in [3.05, 3.63) is 34.6 Å². The molecule has 5 nitrogen and oxygen atoms in total. The lowest BCUT2D eigenvalue weighted by atomic mass is 9.63. The Morgan fingerprint density at radius 3 is 2.52 bits per heavy atom. The molecule has 1 aliphatic carbocycles. The minimum absolute atomic E-state index is 0.161. The molecule has 1 aliphatic heterocycles. The van der Waals surface area contributed by atoms with E-state index in [2.05, 4.69) is 10.6 Å². The maximum absolute atomic E-state index is 13.6. The van der Waals surface area contributed by atoms with Crippen molar-refractivity contribution in [1.82, 2.24) is 15.5 Å². The van der Waals surface area contributed by atoms with Crippen LogP contribution in [-0.2, 0) is 10.3 Å². The van der Waals surface area contributed by atoms with Crippen molar-refractivity contribution in [3.8, 4) is 0 Å². The van der Waals surface area contributed by atoms with Crippen LogP contribution in [-0.4, -0.2) is 42.1 Å². The zero-order chi connectivity index (χ0) is 21.6. The fraction of sp³-hybridized carbons (Fsp3) is 0.579. The van der Waals surface area contributed by atoms with Crippen molar-refractivity contribution in [1.29, 1.82) is 0 Å². The molecule has 2 N–H and O–H groups in total. The Kier molecular flexibility index (Phi) is 5.73. The Hall–Kier alpha value is -2.03. The van der Waals surface area contributed by atoms with Gasteiger partial charge in [-0.3, -0.25) is 4.79 Å². The summed E-state index contributed by atoms with van der Waals surface area (Å²) >= 11 is 5.88. The Labute approximate surface area is 170 Å². The van der Waals surface area contributed by atoms with E-state index in [0.717, 1.165) is 6.07 Å². The Morgan fingerprint density at radius 2 is 1.93 bits per heavy atom. The lowest BCUT2D eigenvalue weighted by Crippen LogP contribution is -2.62. The number of alkyl halides is 3. The van der Waals surface area contributed by atoms with E-state index in [-0.39, 0.29) is 36.9 Å². The Balaban J connectivity index is 1.88. The van der Waals surface area contributed by atoms with Gasteiger partial charge >= 0.3 is 12.2 Å². The number of nitrogens with one attached hydrogen (secondary N) is 2. The fourth-order valence-electron chi connectivity index (χ4n) is 3.94. The van der Waals surface area contributed by atoms with Gasteiger partial charge in [0.05, 0.1) is 16.5 Å². The number of halogens is 5. The van der Waals surface area contributed by atoms with Crippen molar-refractivity contribution in [2.24, 2.45) is 11.8 Å². The van der Waals surface area contributed by atoms with E-state index in [1.54, 1.807) is 13.8 Å². The molecule has 2 unspecified atom stereocenters. The molecule has 1 heterocycles. The zero-order valence-electron chi connectivity index (χ0n) is 15.9. The van der Waals surface area contributed by atoms with E-state index in [0.29, 0.717) is 5.56 Å². The van der Waals surface area contributed by atoms with Crippen molar-refractivity contribution < 1.29 is 27.2 Å². The molecule has 3 amide bonds. The van der Waals surface area contributed by atoms with Crippen LogP contribution >= 0.6 is 11.6 Å². The third-order valence-electron chi connectivity index (χ3n) is 6.06. The van der Waals surface area contributed by atoms with Gasteiger partial charge in [0, 0.05) is 13.1 Å². The predicted octanol–water partition coefficient (Wildman–Crippen LogP) is 3.81. The zero-order valence-corrected chi connectivity index (χ0v) is 16.7. The Morgan fingerprint density at radius 1 is 1.28 bits per heavy atom. The summed E-state index contributed by atoms with van der Waals surface area (Å²) in [7, 11) is 0. The van der Waals surface area contributed by atoms with Gasteiger partial charge < -0.3 is 15.5 Å². The van der Waals surface area contributed by atoms with Crippen molar-refractivity contribution in [3.63, 3.8) is 0 Å². The monoisotopic (exact) mass is 435 g/mol. The van der Waals surface area contributed by atoms with E-state index in [4.69, 9.17) is 11.6 Å². The number of piperazine rings is 1. The molecule has 1 saturated carbocycles. The molecule has 0 aromatic heterocycles. The average molecular weight is 436 g/mol. The van der Waals surface area contributed by atoms with Gasteiger partial charge in [-0.05, 0) is 50.3 Å². The number of nitrogens with zero attached hydrogens (tertiary/aromatic N) is 1. The Bertz CT molecular complexity index is 813. The molecule has 2 fully saturated rings. The van der Waals surface area contributed by atoms with Crippen LogP contribution < -0.4 is 10.6 Å². The van der Waals surface area contributed by atoms with E-state index in [9.17, 15) is 27.2 Å².